The van der Waals surface area contributed by atoms with Gasteiger partial charge in [-0.05, 0) is 41.5 Å². The lowest BCUT2D eigenvalue weighted by molar-refractivity contribution is 0.0697. The van der Waals surface area contributed by atoms with Crippen molar-refractivity contribution in [2.45, 2.75) is 0 Å². The van der Waals surface area contributed by atoms with Crippen LogP contribution in [-0.4, -0.2) is 26.0 Å². The average molecular weight is 348 g/mol. The fourth-order valence-corrected chi connectivity index (χ4v) is 2.96. The Labute approximate surface area is 147 Å². The highest BCUT2D eigenvalue weighted by Crippen LogP contribution is 2.29. The lowest BCUT2D eigenvalue weighted by Gasteiger charge is -2.08. The molecule has 0 aliphatic carbocycles. The minimum Gasteiger partial charge on any atom is -0.505 e. The number of nitrogens with zero attached hydrogens (tertiary/aromatic N) is 2. The first kappa shape index (κ1) is 15.8. The summed E-state index contributed by atoms with van der Waals surface area (Å²) in [5.74, 6) is -2.13. The first-order valence-electron chi connectivity index (χ1n) is 7.84. The maximum Gasteiger partial charge on any atom is 0.336 e. The van der Waals surface area contributed by atoms with Crippen molar-refractivity contribution < 1.29 is 19.4 Å². The van der Waals surface area contributed by atoms with E-state index in [1.54, 1.807) is 35.1 Å². The topological polar surface area (TPSA) is 75.3 Å². The van der Waals surface area contributed by atoms with Crippen molar-refractivity contribution in [2.75, 3.05) is 0 Å². The van der Waals surface area contributed by atoms with Crippen molar-refractivity contribution in [3.05, 3.63) is 78.2 Å². The van der Waals surface area contributed by atoms with E-state index in [-0.39, 0.29) is 5.56 Å². The number of aromatic hydroxyl groups is 1. The summed E-state index contributed by atoms with van der Waals surface area (Å²) < 4.78 is 14.9. The smallest absolute Gasteiger partial charge is 0.336 e. The Bertz CT molecular complexity index is 1150. The van der Waals surface area contributed by atoms with E-state index in [9.17, 15) is 19.4 Å². The predicted octanol–water partition coefficient (Wildman–Crippen LogP) is 4.24. The number of halogens is 1. The number of carboxylic acids is 1. The predicted molar refractivity (Wildman–Crippen MR) is 95.1 cm³/mol. The van der Waals surface area contributed by atoms with Crippen molar-refractivity contribution in [1.82, 2.24) is 9.78 Å². The second-order valence-corrected chi connectivity index (χ2v) is 5.82. The number of rotatable bonds is 3. The van der Waals surface area contributed by atoms with Gasteiger partial charge in [-0.2, -0.15) is 5.10 Å². The molecule has 2 N–H and O–H groups in total. The molecule has 5 nitrogen and oxygen atoms in total. The molecule has 26 heavy (non-hydrogen) atoms. The highest BCUT2D eigenvalue weighted by molar-refractivity contribution is 5.97. The zero-order valence-corrected chi connectivity index (χ0v) is 13.4. The molecule has 0 aliphatic heterocycles. The molecule has 128 valence electrons. The molecule has 0 radical (unpaired) electrons. The van der Waals surface area contributed by atoms with E-state index < -0.39 is 17.5 Å². The van der Waals surface area contributed by atoms with Crippen molar-refractivity contribution in [1.29, 1.82) is 0 Å². The van der Waals surface area contributed by atoms with E-state index in [1.807, 2.05) is 18.2 Å². The lowest BCUT2D eigenvalue weighted by atomic mass is 9.99. The Hall–Kier alpha value is -3.67. The van der Waals surface area contributed by atoms with Gasteiger partial charge in [0.25, 0.3) is 0 Å². The molecule has 0 aliphatic rings. The monoisotopic (exact) mass is 348 g/mol. The molecule has 3 aromatic carbocycles. The molecule has 0 saturated carbocycles. The van der Waals surface area contributed by atoms with Gasteiger partial charge in [0.1, 0.15) is 0 Å². The highest BCUT2D eigenvalue weighted by Gasteiger charge is 2.13. The van der Waals surface area contributed by atoms with Crippen LogP contribution in [0, 0.1) is 5.82 Å². The summed E-state index contributed by atoms with van der Waals surface area (Å²) in [7, 11) is 0. The average Bonchev–Trinajstić information content (AvgIpc) is 3.07. The molecule has 1 aromatic heterocycles. The van der Waals surface area contributed by atoms with Crippen LogP contribution in [0.2, 0.25) is 0 Å². The highest BCUT2D eigenvalue weighted by atomic mass is 19.1. The Balaban J connectivity index is 1.84. The van der Waals surface area contributed by atoms with Gasteiger partial charge in [-0.3, -0.25) is 0 Å². The molecule has 0 bridgehead atoms. The number of hydrogen-bond donors (Lipinski definition) is 2. The third-order valence-corrected chi connectivity index (χ3v) is 4.21. The summed E-state index contributed by atoms with van der Waals surface area (Å²) in [6.45, 7) is 0. The summed E-state index contributed by atoms with van der Waals surface area (Å²) in [5.41, 5.74) is 2.89. The fraction of sp³-hybridized carbons (Fsp3) is 0. The zero-order valence-electron chi connectivity index (χ0n) is 13.4. The number of phenols is 1. The van der Waals surface area contributed by atoms with E-state index in [0.29, 0.717) is 11.3 Å². The Kier molecular flexibility index (Phi) is 3.65. The quantitative estimate of drug-likeness (QED) is 0.581. The molecular weight excluding hydrogens is 335 g/mol. The van der Waals surface area contributed by atoms with Gasteiger partial charge in [0, 0.05) is 11.5 Å². The van der Waals surface area contributed by atoms with Gasteiger partial charge in [0.15, 0.2) is 11.6 Å². The standard InChI is InChI=1S/C20H13FN2O3/c21-17-7-6-14(10-19(17)24)23-18-8-5-12(9-13(18)11-22-23)15-3-1-2-4-16(15)20(25)26/h1-11,24H,(H,25,26). The number of fused-ring (bicyclic) bond motifs is 1. The summed E-state index contributed by atoms with van der Waals surface area (Å²) in [6, 6.07) is 16.3. The molecule has 4 rings (SSSR count). The van der Waals surface area contributed by atoms with E-state index in [2.05, 4.69) is 5.10 Å². The van der Waals surface area contributed by atoms with Crippen LogP contribution in [-0.2, 0) is 0 Å². The molecule has 6 heteroatoms. The molecule has 0 fully saturated rings. The van der Waals surface area contributed by atoms with Crippen LogP contribution in [0.5, 0.6) is 5.75 Å². The lowest BCUT2D eigenvalue weighted by Crippen LogP contribution is -1.99. The third kappa shape index (κ3) is 2.57. The Morgan fingerprint density at radius 1 is 1.04 bits per heavy atom. The second kappa shape index (κ2) is 6.00. The number of carbonyl (C=O) groups is 1. The van der Waals surface area contributed by atoms with Gasteiger partial charge in [0.2, 0.25) is 0 Å². The maximum absolute atomic E-state index is 13.3. The molecule has 0 amide bonds. The molecular formula is C20H13FN2O3. The van der Waals surface area contributed by atoms with E-state index in [0.717, 1.165) is 16.5 Å². The van der Waals surface area contributed by atoms with Crippen LogP contribution >= 0.6 is 0 Å². The van der Waals surface area contributed by atoms with Crippen LogP contribution in [0.15, 0.2) is 66.9 Å². The number of phenolic OH excluding ortho intramolecular Hbond substituents is 1. The Morgan fingerprint density at radius 3 is 2.62 bits per heavy atom. The van der Waals surface area contributed by atoms with Crippen LogP contribution in [0.3, 0.4) is 0 Å². The van der Waals surface area contributed by atoms with E-state index in [4.69, 9.17) is 0 Å². The largest absolute Gasteiger partial charge is 0.505 e. The van der Waals surface area contributed by atoms with Crippen molar-refractivity contribution in [2.24, 2.45) is 0 Å². The summed E-state index contributed by atoms with van der Waals surface area (Å²) in [5, 5.41) is 24.0. The molecule has 0 saturated heterocycles. The van der Waals surface area contributed by atoms with Crippen molar-refractivity contribution in [3.63, 3.8) is 0 Å². The summed E-state index contributed by atoms with van der Waals surface area (Å²) in [4.78, 5) is 11.4. The molecule has 4 aromatic rings. The van der Waals surface area contributed by atoms with E-state index >= 15 is 0 Å². The van der Waals surface area contributed by atoms with Gasteiger partial charge < -0.3 is 10.2 Å². The minimum absolute atomic E-state index is 0.225. The van der Waals surface area contributed by atoms with Crippen LogP contribution in [0.4, 0.5) is 4.39 Å². The zero-order chi connectivity index (χ0) is 18.3. The number of carboxylic acid groups (broad SMARTS) is 1. The number of aromatic nitrogens is 2. The number of aromatic carboxylic acids is 1. The molecule has 0 spiro atoms. The van der Waals surface area contributed by atoms with Gasteiger partial charge in [0.05, 0.1) is 23.0 Å². The van der Waals surface area contributed by atoms with Gasteiger partial charge in [-0.25, -0.2) is 13.9 Å². The number of benzene rings is 3. The second-order valence-electron chi connectivity index (χ2n) is 5.82. The number of hydrogen-bond acceptors (Lipinski definition) is 3. The van der Waals surface area contributed by atoms with E-state index in [1.165, 1.54) is 18.2 Å². The van der Waals surface area contributed by atoms with Crippen molar-refractivity contribution in [3.8, 4) is 22.6 Å². The van der Waals surface area contributed by atoms with Gasteiger partial charge >= 0.3 is 5.97 Å². The van der Waals surface area contributed by atoms with Gasteiger partial charge in [-0.15, -0.1) is 0 Å². The molecule has 1 heterocycles. The first-order chi connectivity index (χ1) is 12.5. The molecule has 0 atom stereocenters. The van der Waals surface area contributed by atoms with Crippen LogP contribution in [0.25, 0.3) is 27.7 Å². The van der Waals surface area contributed by atoms with Crippen LogP contribution < -0.4 is 0 Å². The fourth-order valence-electron chi connectivity index (χ4n) is 2.96. The van der Waals surface area contributed by atoms with Crippen LogP contribution in [0.1, 0.15) is 10.4 Å². The summed E-state index contributed by atoms with van der Waals surface area (Å²) in [6.07, 6.45) is 1.64. The minimum atomic E-state index is -0.988. The maximum atomic E-state index is 13.3. The third-order valence-electron chi connectivity index (χ3n) is 4.21. The van der Waals surface area contributed by atoms with Crippen molar-refractivity contribution >= 4 is 16.9 Å². The van der Waals surface area contributed by atoms with Gasteiger partial charge in [-0.1, -0.05) is 24.3 Å². The SMILES string of the molecule is O=C(O)c1ccccc1-c1ccc2c(cnn2-c2ccc(F)c(O)c2)c1. The normalized spacial score (nSPS) is 11.0. The first-order valence-corrected chi connectivity index (χ1v) is 7.84. The summed E-state index contributed by atoms with van der Waals surface area (Å²) >= 11 is 0. The Morgan fingerprint density at radius 2 is 1.85 bits per heavy atom. The molecule has 0 unspecified atom stereocenters.